The van der Waals surface area contributed by atoms with E-state index in [2.05, 4.69) is 61.9 Å². The summed E-state index contributed by atoms with van der Waals surface area (Å²) in [6, 6.07) is 16.8. The summed E-state index contributed by atoms with van der Waals surface area (Å²) in [6.07, 6.45) is 2.92. The number of fused-ring (bicyclic) bond motifs is 3. The van der Waals surface area contributed by atoms with Crippen molar-refractivity contribution in [3.05, 3.63) is 72.3 Å². The monoisotopic (exact) mass is 472 g/mol. The first kappa shape index (κ1) is 22.1. The molecule has 2 aromatic carbocycles. The Morgan fingerprint density at radius 2 is 1.74 bits per heavy atom. The third-order valence-electron chi connectivity index (χ3n) is 6.92. The highest BCUT2D eigenvalue weighted by molar-refractivity contribution is 5.83. The van der Waals surface area contributed by atoms with Gasteiger partial charge < -0.3 is 24.4 Å². The second kappa shape index (κ2) is 9.35. The molecule has 0 bridgehead atoms. The molecule has 4 heterocycles. The highest BCUT2D eigenvalue weighted by Gasteiger charge is 2.26. The average Bonchev–Trinajstić information content (AvgIpc) is 3.31. The van der Waals surface area contributed by atoms with Gasteiger partial charge in [0.1, 0.15) is 18.7 Å². The number of aliphatic hydroxyl groups excluding tert-OH is 2. The van der Waals surface area contributed by atoms with E-state index in [1.165, 1.54) is 5.56 Å². The van der Waals surface area contributed by atoms with E-state index in [1.54, 1.807) is 0 Å². The van der Waals surface area contributed by atoms with E-state index in [1.807, 2.05) is 23.4 Å². The molecule has 0 amide bonds. The van der Waals surface area contributed by atoms with Crippen molar-refractivity contribution in [2.24, 2.45) is 0 Å². The number of hydrogen-bond donors (Lipinski definition) is 2. The minimum atomic E-state index is -0.808. The van der Waals surface area contributed by atoms with Crippen LogP contribution < -0.4 is 4.90 Å². The standard InChI is InChI=1S/C26H28N6O3/c33-15-25(34)30-8-10-31(11-9-30)26-27-13-20(14-28-26)19-6-7-21-22(12-19)32-23(16-35-17-24(32)29-21)18-4-2-1-3-5-18/h1-7,12-14,23,25,33-34H,8-11,15-17H2/t23-,25?/m1/s1. The van der Waals surface area contributed by atoms with Crippen molar-refractivity contribution in [2.75, 3.05) is 44.3 Å². The Balaban J connectivity index is 1.27. The van der Waals surface area contributed by atoms with Crippen molar-refractivity contribution in [1.29, 1.82) is 0 Å². The number of benzene rings is 2. The first-order chi connectivity index (χ1) is 17.2. The highest BCUT2D eigenvalue weighted by Crippen LogP contribution is 2.32. The molecule has 180 valence electrons. The molecule has 6 rings (SSSR count). The van der Waals surface area contributed by atoms with Gasteiger partial charge in [-0.3, -0.25) is 4.90 Å². The summed E-state index contributed by atoms with van der Waals surface area (Å²) >= 11 is 0. The van der Waals surface area contributed by atoms with Crippen molar-refractivity contribution in [1.82, 2.24) is 24.4 Å². The van der Waals surface area contributed by atoms with Crippen molar-refractivity contribution < 1.29 is 14.9 Å². The Morgan fingerprint density at radius 1 is 0.971 bits per heavy atom. The number of nitrogens with zero attached hydrogens (tertiary/aromatic N) is 6. The van der Waals surface area contributed by atoms with Crippen LogP contribution in [0, 0.1) is 0 Å². The van der Waals surface area contributed by atoms with Crippen LogP contribution in [0.5, 0.6) is 0 Å². The van der Waals surface area contributed by atoms with E-state index in [0.717, 1.165) is 28.0 Å². The van der Waals surface area contributed by atoms with Gasteiger partial charge in [-0.25, -0.2) is 15.0 Å². The van der Waals surface area contributed by atoms with Gasteiger partial charge in [-0.1, -0.05) is 36.4 Å². The topological polar surface area (TPSA) is 99.8 Å². The van der Waals surface area contributed by atoms with Crippen LogP contribution in [0.1, 0.15) is 17.4 Å². The lowest BCUT2D eigenvalue weighted by molar-refractivity contribution is -0.0370. The van der Waals surface area contributed by atoms with Gasteiger partial charge in [0, 0.05) is 44.1 Å². The molecular weight excluding hydrogens is 444 g/mol. The smallest absolute Gasteiger partial charge is 0.225 e. The summed E-state index contributed by atoms with van der Waals surface area (Å²) in [5, 5.41) is 19.0. The van der Waals surface area contributed by atoms with Crippen molar-refractivity contribution in [2.45, 2.75) is 18.9 Å². The first-order valence-electron chi connectivity index (χ1n) is 11.9. The number of imidazole rings is 1. The van der Waals surface area contributed by atoms with Gasteiger partial charge in [-0.15, -0.1) is 0 Å². The number of aliphatic hydroxyl groups is 2. The summed E-state index contributed by atoms with van der Waals surface area (Å²) in [6.45, 7) is 3.58. The third kappa shape index (κ3) is 4.17. The van der Waals surface area contributed by atoms with Gasteiger partial charge in [0.25, 0.3) is 0 Å². The molecule has 35 heavy (non-hydrogen) atoms. The lowest BCUT2D eigenvalue weighted by Gasteiger charge is -2.36. The maximum absolute atomic E-state index is 9.83. The molecule has 1 fully saturated rings. The Labute approximate surface area is 203 Å². The van der Waals surface area contributed by atoms with Gasteiger partial charge in [0.05, 0.1) is 30.3 Å². The van der Waals surface area contributed by atoms with Crippen LogP contribution in [0.25, 0.3) is 22.2 Å². The Morgan fingerprint density at radius 3 is 2.49 bits per heavy atom. The lowest BCUT2D eigenvalue weighted by atomic mass is 10.1. The number of hydrogen-bond acceptors (Lipinski definition) is 8. The second-order valence-corrected chi connectivity index (χ2v) is 9.00. The van der Waals surface area contributed by atoms with E-state index in [9.17, 15) is 5.11 Å². The molecule has 2 aliphatic heterocycles. The minimum Gasteiger partial charge on any atom is -0.392 e. The predicted octanol–water partition coefficient (Wildman–Crippen LogP) is 2.05. The SMILES string of the molecule is OCC(O)N1CCN(c2ncc(-c3ccc4nc5n(c4c3)[C@@H](c3ccccc3)COC5)cn2)CC1. The quantitative estimate of drug-likeness (QED) is 0.455. The number of piperazine rings is 1. The zero-order chi connectivity index (χ0) is 23.8. The van der Waals surface area contributed by atoms with E-state index >= 15 is 0 Å². The summed E-state index contributed by atoms with van der Waals surface area (Å²) < 4.78 is 8.17. The van der Waals surface area contributed by atoms with Crippen LogP contribution in [-0.4, -0.2) is 80.3 Å². The Bertz CT molecular complexity index is 1300. The molecule has 0 aliphatic carbocycles. The van der Waals surface area contributed by atoms with Crippen LogP contribution in [0.4, 0.5) is 5.95 Å². The summed E-state index contributed by atoms with van der Waals surface area (Å²) in [5.74, 6) is 1.62. The first-order valence-corrected chi connectivity index (χ1v) is 11.9. The molecule has 2 N–H and O–H groups in total. The fourth-order valence-electron chi connectivity index (χ4n) is 5.00. The maximum atomic E-state index is 9.83. The van der Waals surface area contributed by atoms with Crippen LogP contribution >= 0.6 is 0 Å². The fraction of sp³-hybridized carbons (Fsp3) is 0.346. The third-order valence-corrected chi connectivity index (χ3v) is 6.92. The average molecular weight is 473 g/mol. The molecule has 2 aromatic heterocycles. The molecular formula is C26H28N6O3. The zero-order valence-corrected chi connectivity index (χ0v) is 19.4. The number of rotatable bonds is 5. The summed E-state index contributed by atoms with van der Waals surface area (Å²) in [7, 11) is 0. The van der Waals surface area contributed by atoms with Gasteiger partial charge in [0.2, 0.25) is 5.95 Å². The Kier molecular flexibility index (Phi) is 5.91. The molecule has 1 saturated heterocycles. The Hall–Kier alpha value is -3.37. The highest BCUT2D eigenvalue weighted by atomic mass is 16.5. The number of anilines is 1. The van der Waals surface area contributed by atoms with Gasteiger partial charge in [-0.05, 0) is 23.3 Å². The summed E-state index contributed by atoms with van der Waals surface area (Å²) in [5.41, 5.74) is 5.23. The van der Waals surface area contributed by atoms with Crippen molar-refractivity contribution >= 4 is 17.0 Å². The predicted molar refractivity (Wildman–Crippen MR) is 132 cm³/mol. The molecule has 0 radical (unpaired) electrons. The molecule has 0 spiro atoms. The summed E-state index contributed by atoms with van der Waals surface area (Å²) in [4.78, 5) is 18.0. The molecule has 2 atom stereocenters. The molecule has 9 nitrogen and oxygen atoms in total. The lowest BCUT2D eigenvalue weighted by Crippen LogP contribution is -2.51. The number of ether oxygens (including phenoxy) is 1. The zero-order valence-electron chi connectivity index (χ0n) is 19.4. The van der Waals surface area contributed by atoms with Crippen LogP contribution in [0.15, 0.2) is 60.9 Å². The van der Waals surface area contributed by atoms with Crippen LogP contribution in [-0.2, 0) is 11.3 Å². The van der Waals surface area contributed by atoms with Gasteiger partial charge in [0.15, 0.2) is 0 Å². The molecule has 4 aromatic rings. The van der Waals surface area contributed by atoms with Crippen LogP contribution in [0.2, 0.25) is 0 Å². The largest absolute Gasteiger partial charge is 0.392 e. The molecule has 2 aliphatic rings. The fourth-order valence-corrected chi connectivity index (χ4v) is 5.00. The van der Waals surface area contributed by atoms with Crippen molar-refractivity contribution in [3.63, 3.8) is 0 Å². The van der Waals surface area contributed by atoms with Crippen LogP contribution in [0.3, 0.4) is 0 Å². The molecule has 9 heteroatoms. The minimum absolute atomic E-state index is 0.0850. The van der Waals surface area contributed by atoms with E-state index in [4.69, 9.17) is 14.8 Å². The number of aromatic nitrogens is 4. The van der Waals surface area contributed by atoms with Crippen molar-refractivity contribution in [3.8, 4) is 11.1 Å². The van der Waals surface area contributed by atoms with E-state index < -0.39 is 6.23 Å². The van der Waals surface area contributed by atoms with E-state index in [-0.39, 0.29) is 12.6 Å². The molecule has 0 saturated carbocycles. The second-order valence-electron chi connectivity index (χ2n) is 9.00. The normalized spacial score (nSPS) is 19.6. The maximum Gasteiger partial charge on any atom is 0.225 e. The van der Waals surface area contributed by atoms with Gasteiger partial charge >= 0.3 is 0 Å². The van der Waals surface area contributed by atoms with E-state index in [0.29, 0.717) is 45.3 Å². The molecule has 1 unspecified atom stereocenters. The van der Waals surface area contributed by atoms with Gasteiger partial charge in [-0.2, -0.15) is 0 Å².